The highest BCUT2D eigenvalue weighted by atomic mass is 79.9. The van der Waals surface area contributed by atoms with Gasteiger partial charge in [0.25, 0.3) is 5.89 Å². The minimum absolute atomic E-state index is 0. The van der Waals surface area contributed by atoms with Crippen molar-refractivity contribution in [2.45, 2.75) is 4.90 Å². The molecule has 100 valence electrons. The van der Waals surface area contributed by atoms with Crippen LogP contribution in [0.25, 0.3) is 11.1 Å². The lowest BCUT2D eigenvalue weighted by molar-refractivity contribution is 0.0969. The van der Waals surface area contributed by atoms with Gasteiger partial charge in [-0.05, 0) is 12.1 Å². The third kappa shape index (κ3) is 3.07. The number of primary amides is 1. The molecule has 7 nitrogen and oxygen atoms in total. The molecular formula is C8H9Br2N3O4S. The first-order chi connectivity index (χ1) is 7.39. The molecule has 0 aliphatic rings. The van der Waals surface area contributed by atoms with Gasteiger partial charge in [-0.3, -0.25) is 4.79 Å². The number of benzene rings is 1. The van der Waals surface area contributed by atoms with E-state index in [0.29, 0.717) is 0 Å². The molecule has 0 aliphatic heterocycles. The first-order valence-corrected chi connectivity index (χ1v) is 5.66. The molecule has 1 heterocycles. The Labute approximate surface area is 123 Å². The van der Waals surface area contributed by atoms with Gasteiger partial charge in [-0.1, -0.05) is 6.07 Å². The van der Waals surface area contributed by atoms with Crippen LogP contribution in [0.4, 0.5) is 0 Å². The monoisotopic (exact) mass is 401 g/mol. The highest BCUT2D eigenvalue weighted by molar-refractivity contribution is 8.93. The van der Waals surface area contributed by atoms with Crippen molar-refractivity contribution >= 4 is 61.0 Å². The fraction of sp³-hybridized carbons (Fsp3) is 0. The summed E-state index contributed by atoms with van der Waals surface area (Å²) in [4.78, 5) is 14.3. The van der Waals surface area contributed by atoms with Crippen LogP contribution >= 0.6 is 34.0 Å². The number of nitrogens with two attached hydrogens (primary N) is 2. The number of hydrogen-bond donors (Lipinski definition) is 2. The average molecular weight is 403 g/mol. The van der Waals surface area contributed by atoms with Crippen LogP contribution in [0, 0.1) is 0 Å². The lowest BCUT2D eigenvalue weighted by atomic mass is 10.3. The maximum absolute atomic E-state index is 11.2. The summed E-state index contributed by atoms with van der Waals surface area (Å²) in [5, 5.41) is 4.98. The van der Waals surface area contributed by atoms with Crippen molar-refractivity contribution in [1.29, 1.82) is 0 Å². The number of hydrogen-bond acceptors (Lipinski definition) is 5. The Morgan fingerprint density at radius 1 is 1.28 bits per heavy atom. The maximum atomic E-state index is 11.2. The quantitative estimate of drug-likeness (QED) is 0.764. The van der Waals surface area contributed by atoms with E-state index in [2.05, 4.69) is 4.98 Å². The number of amides is 1. The molecule has 1 aromatic carbocycles. The van der Waals surface area contributed by atoms with Gasteiger partial charge in [0.05, 0.1) is 0 Å². The second-order valence-electron chi connectivity index (χ2n) is 3.03. The van der Waals surface area contributed by atoms with E-state index in [1.807, 2.05) is 0 Å². The minimum Gasteiger partial charge on any atom is -0.432 e. The van der Waals surface area contributed by atoms with E-state index in [4.69, 9.17) is 15.3 Å². The number of carbonyl (C=O) groups excluding carboxylic acids is 1. The van der Waals surface area contributed by atoms with E-state index >= 15 is 0 Å². The summed E-state index contributed by atoms with van der Waals surface area (Å²) in [5.41, 5.74) is 5.10. The summed E-state index contributed by atoms with van der Waals surface area (Å²) in [6.07, 6.45) is 0. The molecule has 2 aromatic rings. The van der Waals surface area contributed by atoms with E-state index in [-0.39, 0.29) is 55.8 Å². The van der Waals surface area contributed by atoms with E-state index in [1.54, 1.807) is 0 Å². The number of oxazole rings is 1. The predicted octanol–water partition coefficient (Wildman–Crippen LogP) is 0.730. The summed E-state index contributed by atoms with van der Waals surface area (Å²) in [7, 11) is -3.92. The van der Waals surface area contributed by atoms with Crippen LogP contribution in [-0.2, 0) is 10.0 Å². The SMILES string of the molecule is Br.Br.NC(=O)c1nc2c(S(N)(=O)=O)cccc2o1. The van der Waals surface area contributed by atoms with Gasteiger partial charge in [-0.15, -0.1) is 34.0 Å². The Balaban J connectivity index is 0.00000144. The Kier molecular flexibility index (Phi) is 5.47. The maximum Gasteiger partial charge on any atom is 0.304 e. The van der Waals surface area contributed by atoms with Gasteiger partial charge in [0.15, 0.2) is 5.58 Å². The van der Waals surface area contributed by atoms with Gasteiger partial charge < -0.3 is 10.2 Å². The standard InChI is InChI=1S/C8H7N3O4S.2BrH/c9-7(12)8-11-6-4(15-8)2-1-3-5(6)16(10,13)14;;/h1-3H,(H2,9,12)(H2,10,13,14);2*1H. The molecule has 0 atom stereocenters. The van der Waals surface area contributed by atoms with Gasteiger partial charge >= 0.3 is 5.91 Å². The highest BCUT2D eigenvalue weighted by Crippen LogP contribution is 2.22. The van der Waals surface area contributed by atoms with Crippen molar-refractivity contribution in [3.8, 4) is 0 Å². The Bertz CT molecular complexity index is 683. The normalized spacial score (nSPS) is 10.5. The topological polar surface area (TPSA) is 129 Å². The average Bonchev–Trinajstić information content (AvgIpc) is 2.58. The van der Waals surface area contributed by atoms with Crippen molar-refractivity contribution in [3.63, 3.8) is 0 Å². The second-order valence-corrected chi connectivity index (χ2v) is 4.56. The fourth-order valence-electron chi connectivity index (χ4n) is 1.26. The molecule has 0 fully saturated rings. The molecule has 18 heavy (non-hydrogen) atoms. The van der Waals surface area contributed by atoms with E-state index < -0.39 is 15.9 Å². The van der Waals surface area contributed by atoms with Crippen LogP contribution in [-0.4, -0.2) is 19.3 Å². The molecule has 1 amide bonds. The molecule has 0 saturated carbocycles. The van der Waals surface area contributed by atoms with Crippen LogP contribution in [0.3, 0.4) is 0 Å². The molecule has 0 spiro atoms. The number of aromatic nitrogens is 1. The van der Waals surface area contributed by atoms with Crippen molar-refractivity contribution in [1.82, 2.24) is 4.98 Å². The summed E-state index contributed by atoms with van der Waals surface area (Å²) >= 11 is 0. The summed E-state index contributed by atoms with van der Waals surface area (Å²) in [6, 6.07) is 4.16. The van der Waals surface area contributed by atoms with Crippen molar-refractivity contribution in [3.05, 3.63) is 24.1 Å². The molecule has 2 rings (SSSR count). The highest BCUT2D eigenvalue weighted by Gasteiger charge is 2.18. The van der Waals surface area contributed by atoms with E-state index in [0.717, 1.165) is 0 Å². The number of sulfonamides is 1. The molecule has 0 radical (unpaired) electrons. The van der Waals surface area contributed by atoms with E-state index in [9.17, 15) is 13.2 Å². The van der Waals surface area contributed by atoms with Gasteiger partial charge in [-0.2, -0.15) is 0 Å². The summed E-state index contributed by atoms with van der Waals surface area (Å²) in [6.45, 7) is 0. The predicted molar refractivity (Wildman–Crippen MR) is 74.5 cm³/mol. The Morgan fingerprint density at radius 2 is 1.89 bits per heavy atom. The summed E-state index contributed by atoms with van der Waals surface area (Å²) in [5.74, 6) is -1.23. The van der Waals surface area contributed by atoms with Crippen molar-refractivity contribution in [2.75, 3.05) is 0 Å². The van der Waals surface area contributed by atoms with Crippen LogP contribution in [0.15, 0.2) is 27.5 Å². The smallest absolute Gasteiger partial charge is 0.304 e. The minimum atomic E-state index is -3.92. The molecule has 0 bridgehead atoms. The molecular weight excluding hydrogens is 394 g/mol. The third-order valence-electron chi connectivity index (χ3n) is 1.90. The number of halogens is 2. The summed E-state index contributed by atoms with van der Waals surface area (Å²) < 4.78 is 27.4. The third-order valence-corrected chi connectivity index (χ3v) is 2.84. The van der Waals surface area contributed by atoms with E-state index in [1.165, 1.54) is 18.2 Å². The van der Waals surface area contributed by atoms with Gasteiger partial charge in [0.1, 0.15) is 10.4 Å². The molecule has 0 saturated heterocycles. The van der Waals surface area contributed by atoms with Crippen molar-refractivity contribution < 1.29 is 17.6 Å². The lowest BCUT2D eigenvalue weighted by Gasteiger charge is -1.96. The Hall–Kier alpha value is -0.970. The van der Waals surface area contributed by atoms with Crippen LogP contribution < -0.4 is 10.9 Å². The zero-order valence-electron chi connectivity index (χ0n) is 8.69. The van der Waals surface area contributed by atoms with Gasteiger partial charge in [-0.25, -0.2) is 18.5 Å². The van der Waals surface area contributed by atoms with Gasteiger partial charge in [0, 0.05) is 0 Å². The zero-order valence-corrected chi connectivity index (χ0v) is 12.9. The van der Waals surface area contributed by atoms with Crippen LogP contribution in [0.2, 0.25) is 0 Å². The molecule has 0 unspecified atom stereocenters. The lowest BCUT2D eigenvalue weighted by Crippen LogP contribution is -2.13. The largest absolute Gasteiger partial charge is 0.432 e. The number of para-hydroxylation sites is 1. The molecule has 4 N–H and O–H groups in total. The molecule has 10 heteroatoms. The number of primary sulfonamides is 1. The molecule has 0 aliphatic carbocycles. The number of carbonyl (C=O) groups is 1. The second kappa shape index (κ2) is 5.78. The number of fused-ring (bicyclic) bond motifs is 1. The van der Waals surface area contributed by atoms with Crippen LogP contribution in [0.1, 0.15) is 10.7 Å². The van der Waals surface area contributed by atoms with Crippen LogP contribution in [0.5, 0.6) is 0 Å². The Morgan fingerprint density at radius 3 is 2.39 bits per heavy atom. The first kappa shape index (κ1) is 17.0. The number of rotatable bonds is 2. The molecule has 1 aromatic heterocycles. The van der Waals surface area contributed by atoms with Crippen molar-refractivity contribution in [2.24, 2.45) is 10.9 Å². The van der Waals surface area contributed by atoms with Gasteiger partial charge in [0.2, 0.25) is 10.0 Å². The first-order valence-electron chi connectivity index (χ1n) is 4.12. The number of nitrogens with zero attached hydrogens (tertiary/aromatic N) is 1. The fourth-order valence-corrected chi connectivity index (χ4v) is 1.94. The zero-order chi connectivity index (χ0) is 11.9.